The molecule has 1 aliphatic rings. The summed E-state index contributed by atoms with van der Waals surface area (Å²) in [5.74, 6) is -0.204. The molecule has 0 atom stereocenters. The van der Waals surface area contributed by atoms with E-state index in [1.807, 2.05) is 4.90 Å². The van der Waals surface area contributed by atoms with E-state index in [9.17, 15) is 9.18 Å². The highest BCUT2D eigenvalue weighted by molar-refractivity contribution is 5.31. The van der Waals surface area contributed by atoms with Crippen LogP contribution in [0.1, 0.15) is 96.1 Å². The molecule has 0 bridgehead atoms. The predicted octanol–water partition coefficient (Wildman–Crippen LogP) is 5.51. The molecule has 0 amide bonds. The second-order valence-electron chi connectivity index (χ2n) is 8.72. The summed E-state index contributed by atoms with van der Waals surface area (Å²) >= 11 is 0. The van der Waals surface area contributed by atoms with Crippen molar-refractivity contribution in [3.63, 3.8) is 0 Å². The Morgan fingerprint density at radius 1 is 0.903 bits per heavy atom. The number of nitrogens with one attached hydrogen (secondary N) is 2. The normalized spacial score (nSPS) is 14.6. The molecule has 0 aliphatic carbocycles. The van der Waals surface area contributed by atoms with Crippen molar-refractivity contribution in [1.29, 1.82) is 0 Å². The van der Waals surface area contributed by atoms with Crippen LogP contribution in [0, 0.1) is 5.82 Å². The number of piperazine rings is 1. The lowest BCUT2D eigenvalue weighted by molar-refractivity contribution is 0.545. The molecule has 2 rings (SSSR count). The van der Waals surface area contributed by atoms with Crippen molar-refractivity contribution in [3.8, 4) is 0 Å². The van der Waals surface area contributed by atoms with E-state index in [2.05, 4.69) is 34.4 Å². The number of aromatic nitrogens is 2. The van der Waals surface area contributed by atoms with Crippen molar-refractivity contribution < 1.29 is 4.39 Å². The zero-order valence-corrected chi connectivity index (χ0v) is 19.6. The molecule has 31 heavy (non-hydrogen) atoms. The Hall–Kier alpha value is -1.69. The number of anilines is 1. The van der Waals surface area contributed by atoms with Gasteiger partial charge in [0.05, 0.1) is 5.69 Å². The molecule has 0 unspecified atom stereocenters. The molecule has 0 spiro atoms. The predicted molar refractivity (Wildman–Crippen MR) is 128 cm³/mol. The molecule has 176 valence electrons. The van der Waals surface area contributed by atoms with Gasteiger partial charge < -0.3 is 10.2 Å². The number of H-pyrrole nitrogens is 1. The van der Waals surface area contributed by atoms with Crippen LogP contribution in [0.2, 0.25) is 0 Å². The smallest absolute Gasteiger partial charge is 0.288 e. The fourth-order valence-electron chi connectivity index (χ4n) is 4.05. The quantitative estimate of drug-likeness (QED) is 0.266. The van der Waals surface area contributed by atoms with Gasteiger partial charge >= 0.3 is 0 Å². The van der Waals surface area contributed by atoms with Crippen LogP contribution in [-0.2, 0) is 6.42 Å². The molecule has 6 heteroatoms. The number of halogens is 1. The summed E-state index contributed by atoms with van der Waals surface area (Å²) in [7, 11) is 0. The average Bonchev–Trinajstić information content (AvgIpc) is 2.79. The van der Waals surface area contributed by atoms with Crippen LogP contribution in [0.5, 0.6) is 0 Å². The van der Waals surface area contributed by atoms with E-state index in [0.29, 0.717) is 18.1 Å². The topological polar surface area (TPSA) is 61.0 Å². The first-order chi connectivity index (χ1) is 15.2. The average molecular weight is 435 g/mol. The van der Waals surface area contributed by atoms with Gasteiger partial charge in [-0.2, -0.15) is 4.39 Å². The standard InChI is InChI=1S/C25H43FN4O/c1-2-3-4-5-6-7-8-9-10-11-12-13-14-15-16-17-22-23(26)24(31)29-25(28-22)30-20-18-27-19-21-30/h9-10,27H,2-8,11-21H2,1H3,(H,28,29,31)/b10-9+. The lowest BCUT2D eigenvalue weighted by Gasteiger charge is -2.28. The number of rotatable bonds is 16. The first-order valence-electron chi connectivity index (χ1n) is 12.6. The molecule has 1 aliphatic heterocycles. The van der Waals surface area contributed by atoms with Crippen molar-refractivity contribution >= 4 is 5.95 Å². The Balaban J connectivity index is 1.54. The van der Waals surface area contributed by atoms with Crippen LogP contribution >= 0.6 is 0 Å². The van der Waals surface area contributed by atoms with E-state index in [1.165, 1.54) is 57.8 Å². The van der Waals surface area contributed by atoms with Crippen LogP contribution in [0.3, 0.4) is 0 Å². The molecule has 1 aromatic rings. The minimum Gasteiger partial charge on any atom is -0.340 e. The molecule has 1 saturated heterocycles. The van der Waals surface area contributed by atoms with E-state index in [0.717, 1.165) is 51.9 Å². The highest BCUT2D eigenvalue weighted by atomic mass is 19.1. The third-order valence-corrected chi connectivity index (χ3v) is 6.01. The molecular weight excluding hydrogens is 391 g/mol. The fourth-order valence-corrected chi connectivity index (χ4v) is 4.05. The van der Waals surface area contributed by atoms with Crippen molar-refractivity contribution in [2.45, 2.75) is 96.8 Å². The number of hydrogen-bond acceptors (Lipinski definition) is 4. The molecule has 1 aromatic heterocycles. The number of nitrogens with zero attached hydrogens (tertiary/aromatic N) is 2. The number of aromatic amines is 1. The van der Waals surface area contributed by atoms with Crippen LogP contribution in [0.4, 0.5) is 10.3 Å². The van der Waals surface area contributed by atoms with Crippen molar-refractivity contribution in [3.05, 3.63) is 34.0 Å². The van der Waals surface area contributed by atoms with Gasteiger partial charge in [-0.3, -0.25) is 9.78 Å². The molecule has 0 saturated carbocycles. The Morgan fingerprint density at radius 2 is 1.48 bits per heavy atom. The Kier molecular flexibility index (Phi) is 13.2. The third-order valence-electron chi connectivity index (χ3n) is 6.01. The van der Waals surface area contributed by atoms with Gasteiger partial charge in [-0.1, -0.05) is 70.4 Å². The summed E-state index contributed by atoms with van der Waals surface area (Å²) in [4.78, 5) is 21.0. The van der Waals surface area contributed by atoms with E-state index < -0.39 is 11.4 Å². The summed E-state index contributed by atoms with van der Waals surface area (Å²) in [5, 5.41) is 3.27. The SMILES string of the molecule is CCCCCCCC/C=C/CCCCCCCc1nc(N2CCNCC2)[nH]c(=O)c1F. The molecule has 5 nitrogen and oxygen atoms in total. The second kappa shape index (κ2) is 16.0. The maximum absolute atomic E-state index is 14.2. The Morgan fingerprint density at radius 3 is 2.13 bits per heavy atom. The maximum atomic E-state index is 14.2. The Bertz CT molecular complexity index is 683. The van der Waals surface area contributed by atoms with Gasteiger partial charge in [0.25, 0.3) is 5.56 Å². The molecule has 2 N–H and O–H groups in total. The Labute approximate surface area is 187 Å². The number of aryl methyl sites for hydroxylation is 1. The van der Waals surface area contributed by atoms with Gasteiger partial charge in [-0.05, 0) is 38.5 Å². The van der Waals surface area contributed by atoms with E-state index in [1.54, 1.807) is 0 Å². The highest BCUT2D eigenvalue weighted by Crippen LogP contribution is 2.13. The number of allylic oxidation sites excluding steroid dienone is 2. The summed E-state index contributed by atoms with van der Waals surface area (Å²) < 4.78 is 14.2. The molecule has 2 heterocycles. The van der Waals surface area contributed by atoms with Crippen LogP contribution in [0.15, 0.2) is 16.9 Å². The summed E-state index contributed by atoms with van der Waals surface area (Å²) in [6.07, 6.45) is 21.3. The van der Waals surface area contributed by atoms with Gasteiger partial charge in [0.15, 0.2) is 0 Å². The molecular formula is C25H43FN4O. The third kappa shape index (κ3) is 10.4. The molecule has 0 aromatic carbocycles. The molecule has 0 radical (unpaired) electrons. The number of unbranched alkanes of at least 4 members (excludes halogenated alkanes) is 11. The van der Waals surface area contributed by atoms with Crippen molar-refractivity contribution in [2.24, 2.45) is 0 Å². The van der Waals surface area contributed by atoms with Crippen LogP contribution < -0.4 is 15.8 Å². The minimum absolute atomic E-state index is 0.315. The van der Waals surface area contributed by atoms with Gasteiger partial charge in [-0.15, -0.1) is 0 Å². The monoisotopic (exact) mass is 434 g/mol. The van der Waals surface area contributed by atoms with Gasteiger partial charge in [0.1, 0.15) is 0 Å². The van der Waals surface area contributed by atoms with Crippen molar-refractivity contribution in [2.75, 3.05) is 31.1 Å². The van der Waals surface area contributed by atoms with Crippen LogP contribution in [0.25, 0.3) is 0 Å². The van der Waals surface area contributed by atoms with Gasteiger partial charge in [0, 0.05) is 26.2 Å². The van der Waals surface area contributed by atoms with Crippen molar-refractivity contribution in [1.82, 2.24) is 15.3 Å². The van der Waals surface area contributed by atoms with Gasteiger partial charge in [0.2, 0.25) is 11.8 Å². The van der Waals surface area contributed by atoms with E-state index in [-0.39, 0.29) is 0 Å². The largest absolute Gasteiger partial charge is 0.340 e. The highest BCUT2D eigenvalue weighted by Gasteiger charge is 2.17. The van der Waals surface area contributed by atoms with E-state index in [4.69, 9.17) is 0 Å². The minimum atomic E-state index is -0.714. The van der Waals surface area contributed by atoms with Gasteiger partial charge in [-0.25, -0.2) is 4.98 Å². The molecule has 1 fully saturated rings. The van der Waals surface area contributed by atoms with Crippen LogP contribution in [-0.4, -0.2) is 36.1 Å². The summed E-state index contributed by atoms with van der Waals surface area (Å²) in [6, 6.07) is 0. The number of hydrogen-bond donors (Lipinski definition) is 2. The first kappa shape index (κ1) is 25.6. The fraction of sp³-hybridized carbons (Fsp3) is 0.760. The summed E-state index contributed by atoms with van der Waals surface area (Å²) in [6.45, 7) is 5.52. The zero-order valence-electron chi connectivity index (χ0n) is 19.6. The lowest BCUT2D eigenvalue weighted by Crippen LogP contribution is -2.45. The first-order valence-corrected chi connectivity index (χ1v) is 12.6. The summed E-state index contributed by atoms with van der Waals surface area (Å²) in [5.41, 5.74) is -0.332. The van der Waals surface area contributed by atoms with E-state index >= 15 is 0 Å². The maximum Gasteiger partial charge on any atom is 0.288 e. The zero-order chi connectivity index (χ0) is 22.2. The second-order valence-corrected chi connectivity index (χ2v) is 8.72. The lowest BCUT2D eigenvalue weighted by atomic mass is 10.1.